The Labute approximate surface area is 168 Å². The molecule has 3 heterocycles. The molecule has 0 saturated carbocycles. The fourth-order valence-electron chi connectivity index (χ4n) is 3.11. The van der Waals surface area contributed by atoms with Crippen LogP contribution in [0, 0.1) is 0 Å². The average molecular weight is 415 g/mol. The number of aromatic nitrogens is 5. The van der Waals surface area contributed by atoms with E-state index in [1.165, 1.54) is 4.52 Å². The molecular weight excluding hydrogens is 399 g/mol. The molecule has 4 rings (SSSR count). The summed E-state index contributed by atoms with van der Waals surface area (Å²) >= 11 is 0. The number of alkyl halides is 3. The molecule has 1 aromatic carbocycles. The predicted molar refractivity (Wildman–Crippen MR) is 103 cm³/mol. The van der Waals surface area contributed by atoms with Crippen molar-refractivity contribution in [1.29, 1.82) is 0 Å². The third-order valence-electron chi connectivity index (χ3n) is 4.60. The molecule has 3 N–H and O–H groups in total. The number of hydrogen-bond donors (Lipinski definition) is 2. The number of nitrogens with zero attached hydrogens (tertiary/aromatic N) is 5. The van der Waals surface area contributed by atoms with Crippen molar-refractivity contribution < 1.29 is 18.0 Å². The molecule has 4 aromatic rings. The summed E-state index contributed by atoms with van der Waals surface area (Å²) in [4.78, 5) is 24.3. The van der Waals surface area contributed by atoms with Crippen LogP contribution in [0.4, 0.5) is 19.1 Å². The van der Waals surface area contributed by atoms with Crippen LogP contribution in [0.3, 0.4) is 0 Å². The van der Waals surface area contributed by atoms with Crippen molar-refractivity contribution in [2.24, 2.45) is 5.73 Å². The van der Waals surface area contributed by atoms with Gasteiger partial charge in [0.15, 0.2) is 11.5 Å². The Morgan fingerprint density at radius 1 is 1.23 bits per heavy atom. The third kappa shape index (κ3) is 3.38. The zero-order chi connectivity index (χ0) is 21.5. The van der Waals surface area contributed by atoms with Crippen LogP contribution in [0.1, 0.15) is 18.9 Å². The lowest BCUT2D eigenvalue weighted by Gasteiger charge is -2.15. The molecule has 0 bridgehead atoms. The highest BCUT2D eigenvalue weighted by atomic mass is 19.4. The minimum atomic E-state index is -4.60. The summed E-state index contributed by atoms with van der Waals surface area (Å²) in [5, 5.41) is 7.74. The van der Waals surface area contributed by atoms with Gasteiger partial charge in [0.2, 0.25) is 11.9 Å². The topological polar surface area (TPSA) is 111 Å². The number of anilines is 1. The number of hydrogen-bond acceptors (Lipinski definition) is 6. The van der Waals surface area contributed by atoms with Crippen molar-refractivity contribution in [1.82, 2.24) is 24.6 Å². The zero-order valence-electron chi connectivity index (χ0n) is 15.7. The molecule has 3 aromatic heterocycles. The molecule has 11 heteroatoms. The third-order valence-corrected chi connectivity index (χ3v) is 4.60. The van der Waals surface area contributed by atoms with Crippen LogP contribution in [-0.2, 0) is 11.0 Å². The van der Waals surface area contributed by atoms with Crippen LogP contribution in [0.25, 0.3) is 27.9 Å². The molecule has 154 valence electrons. The number of rotatable bonds is 5. The fourth-order valence-corrected chi connectivity index (χ4v) is 3.11. The van der Waals surface area contributed by atoms with Crippen LogP contribution in [0.15, 0.2) is 42.7 Å². The van der Waals surface area contributed by atoms with Gasteiger partial charge >= 0.3 is 6.18 Å². The van der Waals surface area contributed by atoms with Crippen LogP contribution < -0.4 is 11.1 Å². The Morgan fingerprint density at radius 2 is 2.00 bits per heavy atom. The molecule has 1 unspecified atom stereocenters. The molecule has 0 radical (unpaired) electrons. The maximum Gasteiger partial charge on any atom is 0.417 e. The van der Waals surface area contributed by atoms with Crippen molar-refractivity contribution >= 4 is 28.4 Å². The molecule has 0 fully saturated rings. The van der Waals surface area contributed by atoms with Gasteiger partial charge in [-0.2, -0.15) is 17.7 Å². The summed E-state index contributed by atoms with van der Waals surface area (Å²) in [5.74, 6) is -0.609. The highest BCUT2D eigenvalue weighted by Crippen LogP contribution is 2.36. The van der Waals surface area contributed by atoms with Gasteiger partial charge in [0.25, 0.3) is 0 Å². The minimum absolute atomic E-state index is 0.144. The van der Waals surface area contributed by atoms with E-state index >= 15 is 0 Å². The Balaban J connectivity index is 1.97. The van der Waals surface area contributed by atoms with Gasteiger partial charge < -0.3 is 11.1 Å². The lowest BCUT2D eigenvalue weighted by Crippen LogP contribution is -2.35. The Morgan fingerprint density at radius 3 is 2.70 bits per heavy atom. The number of primary amides is 1. The second-order valence-electron chi connectivity index (χ2n) is 6.55. The van der Waals surface area contributed by atoms with E-state index in [0.717, 1.165) is 18.5 Å². The summed E-state index contributed by atoms with van der Waals surface area (Å²) in [6.07, 6.45) is -2.09. The standard InChI is InChI=1S/C19H16F3N7O/c1-2-13(15(23)30)25-18-26-14-6-4-3-5-10(14)17-27-16(28-29(17)18)11-9-24-8-7-12(11)19(20,21)22/h3-9,13H,2H2,1H3,(H2,23,30)(H,25,26). The van der Waals surface area contributed by atoms with Crippen molar-refractivity contribution in [3.63, 3.8) is 0 Å². The first kappa shape index (κ1) is 19.6. The normalized spacial score (nSPS) is 12.9. The molecule has 8 nitrogen and oxygen atoms in total. The Hall–Kier alpha value is -3.76. The second kappa shape index (κ2) is 7.25. The van der Waals surface area contributed by atoms with Gasteiger partial charge in [0.05, 0.1) is 16.6 Å². The minimum Gasteiger partial charge on any atom is -0.368 e. The van der Waals surface area contributed by atoms with Gasteiger partial charge in [-0.3, -0.25) is 9.78 Å². The number of para-hydroxylation sites is 1. The largest absolute Gasteiger partial charge is 0.417 e. The van der Waals surface area contributed by atoms with Gasteiger partial charge in [0.1, 0.15) is 6.04 Å². The molecule has 1 atom stereocenters. The van der Waals surface area contributed by atoms with Crippen LogP contribution in [0.2, 0.25) is 0 Å². The van der Waals surface area contributed by atoms with Gasteiger partial charge in [0, 0.05) is 17.8 Å². The number of pyridine rings is 1. The summed E-state index contributed by atoms with van der Waals surface area (Å²) in [5.41, 5.74) is 5.07. The predicted octanol–water partition coefficient (Wildman–Crippen LogP) is 3.03. The number of carbonyl (C=O) groups excluding carboxylic acids is 1. The second-order valence-corrected chi connectivity index (χ2v) is 6.55. The number of amides is 1. The Kier molecular flexibility index (Phi) is 4.72. The molecule has 0 aliphatic carbocycles. The summed E-state index contributed by atoms with van der Waals surface area (Å²) in [7, 11) is 0. The number of nitrogens with two attached hydrogens (primary N) is 1. The summed E-state index contributed by atoms with van der Waals surface area (Å²) < 4.78 is 41.7. The molecule has 1 amide bonds. The average Bonchev–Trinajstić information content (AvgIpc) is 3.17. The van der Waals surface area contributed by atoms with Crippen LogP contribution in [-0.4, -0.2) is 36.5 Å². The maximum absolute atomic E-state index is 13.5. The maximum atomic E-state index is 13.5. The van der Waals surface area contributed by atoms with Crippen molar-refractivity contribution in [3.05, 3.63) is 48.3 Å². The molecule has 0 aliphatic rings. The van der Waals surface area contributed by atoms with Crippen molar-refractivity contribution in [2.45, 2.75) is 25.6 Å². The lowest BCUT2D eigenvalue weighted by molar-refractivity contribution is -0.137. The highest BCUT2D eigenvalue weighted by molar-refractivity contribution is 5.93. The van der Waals surface area contributed by atoms with Crippen molar-refractivity contribution in [3.8, 4) is 11.4 Å². The van der Waals surface area contributed by atoms with E-state index < -0.39 is 23.7 Å². The summed E-state index contributed by atoms with van der Waals surface area (Å²) in [6, 6.07) is 7.12. The lowest BCUT2D eigenvalue weighted by atomic mass is 10.1. The molecule has 0 spiro atoms. The smallest absolute Gasteiger partial charge is 0.368 e. The van der Waals surface area contributed by atoms with E-state index in [0.29, 0.717) is 17.3 Å². The number of benzene rings is 1. The number of halogens is 3. The van der Waals surface area contributed by atoms with E-state index in [2.05, 4.69) is 25.4 Å². The SMILES string of the molecule is CCC(Nc1nc2ccccc2c2nc(-c3cnccc3C(F)(F)F)nn12)C(N)=O. The zero-order valence-corrected chi connectivity index (χ0v) is 15.7. The first-order valence-electron chi connectivity index (χ1n) is 9.02. The quantitative estimate of drug-likeness (QED) is 0.518. The molecule has 0 aliphatic heterocycles. The van der Waals surface area contributed by atoms with E-state index in [4.69, 9.17) is 5.73 Å². The van der Waals surface area contributed by atoms with Crippen LogP contribution in [0.5, 0.6) is 0 Å². The fraction of sp³-hybridized carbons (Fsp3) is 0.211. The number of nitrogens with one attached hydrogen (secondary N) is 1. The van der Waals surface area contributed by atoms with Gasteiger partial charge in [-0.1, -0.05) is 19.1 Å². The van der Waals surface area contributed by atoms with E-state index in [1.54, 1.807) is 31.2 Å². The first-order valence-corrected chi connectivity index (χ1v) is 9.02. The van der Waals surface area contributed by atoms with Gasteiger partial charge in [-0.05, 0) is 24.6 Å². The van der Waals surface area contributed by atoms with E-state index in [9.17, 15) is 18.0 Å². The van der Waals surface area contributed by atoms with E-state index in [-0.39, 0.29) is 23.0 Å². The van der Waals surface area contributed by atoms with Crippen molar-refractivity contribution in [2.75, 3.05) is 5.32 Å². The monoisotopic (exact) mass is 415 g/mol. The molecule has 0 saturated heterocycles. The van der Waals surface area contributed by atoms with E-state index in [1.807, 2.05) is 0 Å². The number of carbonyl (C=O) groups is 1. The highest BCUT2D eigenvalue weighted by Gasteiger charge is 2.35. The van der Waals surface area contributed by atoms with Crippen LogP contribution >= 0.6 is 0 Å². The summed E-state index contributed by atoms with van der Waals surface area (Å²) in [6.45, 7) is 1.76. The number of fused-ring (bicyclic) bond motifs is 3. The Bertz CT molecular complexity index is 1250. The first-order chi connectivity index (χ1) is 14.3. The molecule has 30 heavy (non-hydrogen) atoms. The van der Waals surface area contributed by atoms with Gasteiger partial charge in [-0.25, -0.2) is 9.97 Å². The van der Waals surface area contributed by atoms with Gasteiger partial charge in [-0.15, -0.1) is 5.10 Å². The molecular formula is C19H16F3N7O.